The Hall–Kier alpha value is -0.640. The SMILES string of the molecule is CCCC(OC)C(O)Cc1cccc(F)c1Cl. The van der Waals surface area contributed by atoms with Crippen LogP contribution in [-0.4, -0.2) is 24.4 Å². The average Bonchev–Trinajstić information content (AvgIpc) is 2.31. The van der Waals surface area contributed by atoms with Crippen molar-refractivity contribution in [2.24, 2.45) is 0 Å². The molecule has 2 atom stereocenters. The van der Waals surface area contributed by atoms with Crippen molar-refractivity contribution in [3.63, 3.8) is 0 Å². The Morgan fingerprint density at radius 2 is 2.18 bits per heavy atom. The standard InChI is InChI=1S/C13H18ClFO2/c1-3-5-12(17-2)11(16)8-9-6-4-7-10(15)13(9)14/h4,6-7,11-12,16H,3,5,8H2,1-2H3. The summed E-state index contributed by atoms with van der Waals surface area (Å²) in [5, 5.41) is 10.1. The van der Waals surface area contributed by atoms with E-state index in [1.54, 1.807) is 19.2 Å². The Bertz CT molecular complexity index is 357. The summed E-state index contributed by atoms with van der Waals surface area (Å²) >= 11 is 5.84. The second-order valence-electron chi connectivity index (χ2n) is 4.05. The van der Waals surface area contributed by atoms with Crippen molar-refractivity contribution in [1.29, 1.82) is 0 Å². The Labute approximate surface area is 106 Å². The highest BCUT2D eigenvalue weighted by Crippen LogP contribution is 2.22. The molecule has 0 aromatic heterocycles. The van der Waals surface area contributed by atoms with Gasteiger partial charge in [-0.05, 0) is 18.1 Å². The third-order valence-corrected chi connectivity index (χ3v) is 3.19. The summed E-state index contributed by atoms with van der Waals surface area (Å²) in [7, 11) is 1.57. The van der Waals surface area contributed by atoms with Gasteiger partial charge in [-0.25, -0.2) is 4.39 Å². The maximum atomic E-state index is 13.2. The molecule has 17 heavy (non-hydrogen) atoms. The minimum absolute atomic E-state index is 0.0814. The Kier molecular flexibility index (Phi) is 5.89. The Morgan fingerprint density at radius 1 is 1.47 bits per heavy atom. The van der Waals surface area contributed by atoms with E-state index in [0.717, 1.165) is 12.8 Å². The van der Waals surface area contributed by atoms with E-state index in [9.17, 15) is 9.50 Å². The van der Waals surface area contributed by atoms with Crippen LogP contribution in [0.5, 0.6) is 0 Å². The van der Waals surface area contributed by atoms with Crippen LogP contribution in [-0.2, 0) is 11.2 Å². The molecule has 0 amide bonds. The Balaban J connectivity index is 2.72. The zero-order valence-electron chi connectivity index (χ0n) is 10.1. The fraction of sp³-hybridized carbons (Fsp3) is 0.538. The molecular weight excluding hydrogens is 243 g/mol. The molecule has 0 heterocycles. The quantitative estimate of drug-likeness (QED) is 0.851. The molecule has 0 saturated heterocycles. The highest BCUT2D eigenvalue weighted by Gasteiger charge is 2.19. The van der Waals surface area contributed by atoms with Crippen molar-refractivity contribution in [3.05, 3.63) is 34.6 Å². The van der Waals surface area contributed by atoms with Crippen LogP contribution < -0.4 is 0 Å². The van der Waals surface area contributed by atoms with Gasteiger partial charge >= 0.3 is 0 Å². The molecule has 0 fully saturated rings. The van der Waals surface area contributed by atoms with Gasteiger partial charge in [-0.15, -0.1) is 0 Å². The summed E-state index contributed by atoms with van der Waals surface area (Å²) in [6.45, 7) is 2.02. The third-order valence-electron chi connectivity index (χ3n) is 2.77. The molecule has 0 spiro atoms. The van der Waals surface area contributed by atoms with Crippen LogP contribution in [0.2, 0.25) is 5.02 Å². The number of methoxy groups -OCH3 is 1. The molecule has 0 aliphatic heterocycles. The summed E-state index contributed by atoms with van der Waals surface area (Å²) in [5.74, 6) is -0.458. The van der Waals surface area contributed by atoms with Gasteiger partial charge in [0.2, 0.25) is 0 Å². The van der Waals surface area contributed by atoms with Gasteiger partial charge in [-0.2, -0.15) is 0 Å². The summed E-state index contributed by atoms with van der Waals surface area (Å²) in [6.07, 6.45) is 1.09. The fourth-order valence-electron chi connectivity index (χ4n) is 1.81. The van der Waals surface area contributed by atoms with Crippen LogP contribution in [0.1, 0.15) is 25.3 Å². The van der Waals surface area contributed by atoms with Crippen LogP contribution in [0.4, 0.5) is 4.39 Å². The minimum atomic E-state index is -0.667. The fourth-order valence-corrected chi connectivity index (χ4v) is 2.02. The first-order chi connectivity index (χ1) is 8.10. The molecule has 0 saturated carbocycles. The second kappa shape index (κ2) is 6.94. The molecule has 1 aromatic rings. The molecule has 4 heteroatoms. The number of benzene rings is 1. The van der Waals surface area contributed by atoms with Crippen molar-refractivity contribution in [2.45, 2.75) is 38.4 Å². The first-order valence-corrected chi connectivity index (χ1v) is 6.11. The number of ether oxygens (including phenoxy) is 1. The lowest BCUT2D eigenvalue weighted by molar-refractivity contribution is -0.0159. The molecule has 1 aromatic carbocycles. The number of aliphatic hydroxyl groups is 1. The van der Waals surface area contributed by atoms with Crippen LogP contribution in [0.15, 0.2) is 18.2 Å². The lowest BCUT2D eigenvalue weighted by atomic mass is 10.0. The van der Waals surface area contributed by atoms with Gasteiger partial charge in [0.05, 0.1) is 17.2 Å². The summed E-state index contributed by atoms with van der Waals surface area (Å²) in [6, 6.07) is 4.61. The van der Waals surface area contributed by atoms with E-state index in [0.29, 0.717) is 12.0 Å². The first kappa shape index (κ1) is 14.4. The highest BCUT2D eigenvalue weighted by atomic mass is 35.5. The van der Waals surface area contributed by atoms with E-state index in [1.165, 1.54) is 6.07 Å². The average molecular weight is 261 g/mol. The Morgan fingerprint density at radius 3 is 2.76 bits per heavy atom. The normalized spacial score (nSPS) is 14.6. The molecular formula is C13H18ClFO2. The summed E-state index contributed by atoms with van der Waals surface area (Å²) in [4.78, 5) is 0. The number of halogens is 2. The van der Waals surface area contributed by atoms with E-state index in [-0.39, 0.29) is 11.1 Å². The van der Waals surface area contributed by atoms with Crippen molar-refractivity contribution in [3.8, 4) is 0 Å². The molecule has 1 rings (SSSR count). The van der Waals surface area contributed by atoms with Crippen molar-refractivity contribution >= 4 is 11.6 Å². The van der Waals surface area contributed by atoms with E-state index >= 15 is 0 Å². The van der Waals surface area contributed by atoms with Crippen molar-refractivity contribution < 1.29 is 14.2 Å². The molecule has 0 aliphatic carbocycles. The maximum absolute atomic E-state index is 13.2. The lowest BCUT2D eigenvalue weighted by Crippen LogP contribution is -2.30. The minimum Gasteiger partial charge on any atom is -0.390 e. The van der Waals surface area contributed by atoms with Gasteiger partial charge in [0.1, 0.15) is 5.82 Å². The largest absolute Gasteiger partial charge is 0.390 e. The van der Waals surface area contributed by atoms with Gasteiger partial charge in [-0.1, -0.05) is 37.1 Å². The zero-order valence-corrected chi connectivity index (χ0v) is 10.9. The molecule has 2 unspecified atom stereocenters. The highest BCUT2D eigenvalue weighted by molar-refractivity contribution is 6.31. The molecule has 0 radical (unpaired) electrons. The van der Waals surface area contributed by atoms with E-state index < -0.39 is 11.9 Å². The topological polar surface area (TPSA) is 29.5 Å². The van der Waals surface area contributed by atoms with Gasteiger partial charge in [0, 0.05) is 13.5 Å². The van der Waals surface area contributed by atoms with Gasteiger partial charge < -0.3 is 9.84 Å². The maximum Gasteiger partial charge on any atom is 0.142 e. The monoisotopic (exact) mass is 260 g/mol. The third kappa shape index (κ3) is 3.95. The number of rotatable bonds is 6. The zero-order chi connectivity index (χ0) is 12.8. The van der Waals surface area contributed by atoms with Crippen molar-refractivity contribution in [1.82, 2.24) is 0 Å². The first-order valence-electron chi connectivity index (χ1n) is 5.73. The smallest absolute Gasteiger partial charge is 0.142 e. The van der Waals surface area contributed by atoms with E-state index in [1.807, 2.05) is 6.92 Å². The predicted molar refractivity (Wildman–Crippen MR) is 66.8 cm³/mol. The van der Waals surface area contributed by atoms with E-state index in [4.69, 9.17) is 16.3 Å². The van der Waals surface area contributed by atoms with Gasteiger partial charge in [0.15, 0.2) is 0 Å². The van der Waals surface area contributed by atoms with Crippen molar-refractivity contribution in [2.75, 3.05) is 7.11 Å². The van der Waals surface area contributed by atoms with Gasteiger partial charge in [0.25, 0.3) is 0 Å². The van der Waals surface area contributed by atoms with E-state index in [2.05, 4.69) is 0 Å². The second-order valence-corrected chi connectivity index (χ2v) is 4.43. The van der Waals surface area contributed by atoms with Crippen LogP contribution in [0.25, 0.3) is 0 Å². The van der Waals surface area contributed by atoms with Crippen LogP contribution in [0, 0.1) is 5.82 Å². The molecule has 0 bridgehead atoms. The number of hydrogen-bond acceptors (Lipinski definition) is 2. The van der Waals surface area contributed by atoms with Crippen LogP contribution >= 0.6 is 11.6 Å². The summed E-state index contributed by atoms with van der Waals surface area (Å²) in [5.41, 5.74) is 0.609. The number of hydrogen-bond donors (Lipinski definition) is 1. The molecule has 1 N–H and O–H groups in total. The number of aliphatic hydroxyl groups excluding tert-OH is 1. The predicted octanol–water partition coefficient (Wildman–Crippen LogP) is 3.20. The molecule has 96 valence electrons. The lowest BCUT2D eigenvalue weighted by Gasteiger charge is -2.21. The molecule has 0 aliphatic rings. The van der Waals surface area contributed by atoms with Gasteiger partial charge in [-0.3, -0.25) is 0 Å². The summed E-state index contributed by atoms with van der Waals surface area (Å²) < 4.78 is 18.4. The van der Waals surface area contributed by atoms with Crippen LogP contribution in [0.3, 0.4) is 0 Å². The molecule has 2 nitrogen and oxygen atoms in total.